The fourth-order valence-electron chi connectivity index (χ4n) is 4.29. The Morgan fingerprint density at radius 3 is 2.76 bits per heavy atom. The zero-order valence-corrected chi connectivity index (χ0v) is 11.4. The molecule has 0 heterocycles. The molecule has 1 fully saturated rings. The first-order valence-electron chi connectivity index (χ1n) is 7.25. The lowest BCUT2D eigenvalue weighted by atomic mass is 9.60. The minimum atomic E-state index is 0.808. The van der Waals surface area contributed by atoms with Gasteiger partial charge in [0.05, 0.1) is 0 Å². The van der Waals surface area contributed by atoms with Crippen LogP contribution in [0.5, 0.6) is 0 Å². The summed E-state index contributed by atoms with van der Waals surface area (Å²) in [5.74, 6) is 3.46. The van der Waals surface area contributed by atoms with Gasteiger partial charge in [0, 0.05) is 0 Å². The summed E-state index contributed by atoms with van der Waals surface area (Å²) in [5, 5.41) is 0. The van der Waals surface area contributed by atoms with Crippen LogP contribution >= 0.6 is 0 Å². The second-order valence-corrected chi connectivity index (χ2v) is 6.39. The number of hydrogen-bond donors (Lipinski definition) is 0. The van der Waals surface area contributed by atoms with Crippen LogP contribution in [0.4, 0.5) is 0 Å². The van der Waals surface area contributed by atoms with Crippen molar-refractivity contribution in [1.82, 2.24) is 0 Å². The third-order valence-electron chi connectivity index (χ3n) is 5.37. The maximum atomic E-state index is 2.49. The van der Waals surface area contributed by atoms with Gasteiger partial charge in [-0.15, -0.1) is 0 Å². The summed E-state index contributed by atoms with van der Waals surface area (Å²) in [6.07, 6.45) is 12.5. The molecule has 0 nitrogen and oxygen atoms in total. The van der Waals surface area contributed by atoms with E-state index < -0.39 is 0 Å². The molecular weight excluding hydrogens is 204 g/mol. The topological polar surface area (TPSA) is 0 Å². The highest BCUT2D eigenvalue weighted by Crippen LogP contribution is 2.50. The van der Waals surface area contributed by atoms with Gasteiger partial charge in [0.1, 0.15) is 0 Å². The molecule has 3 rings (SSSR count). The van der Waals surface area contributed by atoms with Gasteiger partial charge in [0.25, 0.3) is 0 Å². The van der Waals surface area contributed by atoms with E-state index >= 15 is 0 Å². The van der Waals surface area contributed by atoms with Crippen LogP contribution in [0.3, 0.4) is 0 Å². The number of allylic oxidation sites excluding steroid dienone is 6. The maximum Gasteiger partial charge on any atom is -0.00932 e. The lowest BCUT2D eigenvalue weighted by Gasteiger charge is -2.44. The average molecular weight is 228 g/mol. The Morgan fingerprint density at radius 1 is 1.12 bits per heavy atom. The molecule has 0 spiro atoms. The quantitative estimate of drug-likeness (QED) is 0.553. The van der Waals surface area contributed by atoms with Crippen molar-refractivity contribution in [2.45, 2.75) is 46.5 Å². The van der Waals surface area contributed by atoms with Gasteiger partial charge < -0.3 is 0 Å². The van der Waals surface area contributed by atoms with E-state index in [1.54, 1.807) is 16.7 Å². The molecule has 4 atom stereocenters. The third kappa shape index (κ3) is 1.73. The smallest absolute Gasteiger partial charge is 0.00932 e. The molecule has 0 aromatic carbocycles. The molecule has 4 unspecified atom stereocenters. The van der Waals surface area contributed by atoms with Crippen molar-refractivity contribution in [1.29, 1.82) is 0 Å². The summed E-state index contributed by atoms with van der Waals surface area (Å²) in [5.41, 5.74) is 5.10. The second-order valence-electron chi connectivity index (χ2n) is 6.39. The van der Waals surface area contributed by atoms with Crippen LogP contribution in [0.25, 0.3) is 0 Å². The van der Waals surface area contributed by atoms with Crippen LogP contribution in [-0.2, 0) is 0 Å². The number of rotatable bonds is 0. The SMILES string of the molecule is CC1=C2CC(C)CCC2C(C)C2CC=CC=C12. The van der Waals surface area contributed by atoms with Crippen molar-refractivity contribution < 1.29 is 0 Å². The summed E-state index contributed by atoms with van der Waals surface area (Å²) in [4.78, 5) is 0. The maximum absolute atomic E-state index is 2.49. The summed E-state index contributed by atoms with van der Waals surface area (Å²) in [7, 11) is 0. The zero-order chi connectivity index (χ0) is 12.0. The van der Waals surface area contributed by atoms with Gasteiger partial charge in [-0.05, 0) is 67.4 Å². The highest BCUT2D eigenvalue weighted by Gasteiger charge is 2.39. The van der Waals surface area contributed by atoms with Crippen LogP contribution in [0.15, 0.2) is 34.9 Å². The van der Waals surface area contributed by atoms with Gasteiger partial charge in [0.2, 0.25) is 0 Å². The van der Waals surface area contributed by atoms with E-state index in [1.807, 2.05) is 0 Å². The first-order chi connectivity index (χ1) is 8.18. The summed E-state index contributed by atoms with van der Waals surface area (Å²) >= 11 is 0. The highest BCUT2D eigenvalue weighted by molar-refractivity contribution is 5.45. The zero-order valence-electron chi connectivity index (χ0n) is 11.4. The summed E-state index contributed by atoms with van der Waals surface area (Å²) in [6.45, 7) is 7.29. The normalized spacial score (nSPS) is 40.8. The first kappa shape index (κ1) is 11.3. The molecule has 0 amide bonds. The Bertz CT molecular complexity index is 408. The molecule has 3 aliphatic carbocycles. The Labute approximate surface area is 105 Å². The largest absolute Gasteiger partial charge is 0.0839 e. The molecule has 3 aliphatic rings. The van der Waals surface area contributed by atoms with Crippen molar-refractivity contribution in [3.05, 3.63) is 34.9 Å². The molecule has 0 aromatic rings. The molecule has 0 aliphatic heterocycles. The highest BCUT2D eigenvalue weighted by atomic mass is 14.4. The predicted molar refractivity (Wildman–Crippen MR) is 73.7 cm³/mol. The van der Waals surface area contributed by atoms with Crippen LogP contribution in [0, 0.1) is 23.7 Å². The van der Waals surface area contributed by atoms with Crippen molar-refractivity contribution in [2.24, 2.45) is 23.7 Å². The Hall–Kier alpha value is -0.780. The summed E-state index contributed by atoms with van der Waals surface area (Å²) in [6, 6.07) is 0. The van der Waals surface area contributed by atoms with Gasteiger partial charge in [0.15, 0.2) is 0 Å². The molecule has 1 saturated carbocycles. The lowest BCUT2D eigenvalue weighted by Crippen LogP contribution is -2.33. The van der Waals surface area contributed by atoms with Gasteiger partial charge in [-0.25, -0.2) is 0 Å². The predicted octanol–water partition coefficient (Wildman–Crippen LogP) is 4.89. The van der Waals surface area contributed by atoms with Crippen molar-refractivity contribution >= 4 is 0 Å². The van der Waals surface area contributed by atoms with Crippen LogP contribution < -0.4 is 0 Å². The number of fused-ring (bicyclic) bond motifs is 2. The molecule has 0 heteroatoms. The third-order valence-corrected chi connectivity index (χ3v) is 5.37. The van der Waals surface area contributed by atoms with E-state index in [9.17, 15) is 0 Å². The van der Waals surface area contributed by atoms with E-state index in [1.165, 1.54) is 25.7 Å². The minimum absolute atomic E-state index is 0.808. The van der Waals surface area contributed by atoms with Crippen molar-refractivity contribution in [3.63, 3.8) is 0 Å². The van der Waals surface area contributed by atoms with E-state index in [-0.39, 0.29) is 0 Å². The van der Waals surface area contributed by atoms with Gasteiger partial charge >= 0.3 is 0 Å². The van der Waals surface area contributed by atoms with E-state index in [0.717, 1.165) is 23.7 Å². The molecule has 0 bridgehead atoms. The first-order valence-corrected chi connectivity index (χ1v) is 7.25. The van der Waals surface area contributed by atoms with Crippen LogP contribution in [0.2, 0.25) is 0 Å². The second kappa shape index (κ2) is 4.15. The molecule has 17 heavy (non-hydrogen) atoms. The summed E-state index contributed by atoms with van der Waals surface area (Å²) < 4.78 is 0. The fourth-order valence-corrected chi connectivity index (χ4v) is 4.29. The fraction of sp³-hybridized carbons (Fsp3) is 0.647. The average Bonchev–Trinajstić information content (AvgIpc) is 2.36. The van der Waals surface area contributed by atoms with E-state index in [0.29, 0.717) is 0 Å². The molecule has 0 aromatic heterocycles. The number of hydrogen-bond acceptors (Lipinski definition) is 0. The Balaban J connectivity index is 2.04. The Kier molecular flexibility index (Phi) is 2.77. The van der Waals surface area contributed by atoms with Crippen LogP contribution in [-0.4, -0.2) is 0 Å². The van der Waals surface area contributed by atoms with E-state index in [2.05, 4.69) is 39.0 Å². The van der Waals surface area contributed by atoms with Crippen molar-refractivity contribution in [3.8, 4) is 0 Å². The monoisotopic (exact) mass is 228 g/mol. The Morgan fingerprint density at radius 2 is 1.94 bits per heavy atom. The lowest BCUT2D eigenvalue weighted by molar-refractivity contribution is 0.228. The molecule has 0 saturated heterocycles. The molecular formula is C17H24. The minimum Gasteiger partial charge on any atom is -0.0839 e. The van der Waals surface area contributed by atoms with Crippen LogP contribution in [0.1, 0.15) is 46.5 Å². The van der Waals surface area contributed by atoms with E-state index in [4.69, 9.17) is 0 Å². The standard InChI is InChI=1S/C17H24/c1-11-8-9-16-12(2)14-6-4-5-7-15(14)13(3)17(16)10-11/h4-5,7,11-12,14,16H,6,8-10H2,1-3H3. The molecule has 0 N–H and O–H groups in total. The van der Waals surface area contributed by atoms with Gasteiger partial charge in [-0.3, -0.25) is 0 Å². The van der Waals surface area contributed by atoms with Gasteiger partial charge in [-0.1, -0.05) is 37.6 Å². The van der Waals surface area contributed by atoms with Gasteiger partial charge in [-0.2, -0.15) is 0 Å². The molecule has 0 radical (unpaired) electrons. The van der Waals surface area contributed by atoms with Crippen molar-refractivity contribution in [2.75, 3.05) is 0 Å². The molecule has 92 valence electrons.